The van der Waals surface area contributed by atoms with Gasteiger partial charge < -0.3 is 5.32 Å². The predicted octanol–water partition coefficient (Wildman–Crippen LogP) is 1.68. The van der Waals surface area contributed by atoms with Crippen LogP contribution in [0.2, 0.25) is 0 Å². The molecule has 0 aliphatic carbocycles. The highest BCUT2D eigenvalue weighted by atomic mass is 79.9. The van der Waals surface area contributed by atoms with Crippen LogP contribution in [0.4, 0.5) is 0 Å². The second-order valence-corrected chi connectivity index (χ2v) is 7.27. The molecule has 1 unspecified atom stereocenters. The standard InChI is InChI=1S/C12H17BrN2O2S/c1-14-8-10-6-7-15(9-10)18(16,17)12-5-3-2-4-11(12)13/h2-5,10,14H,6-9H2,1H3. The maximum absolute atomic E-state index is 12.5. The Morgan fingerprint density at radius 1 is 1.44 bits per heavy atom. The van der Waals surface area contributed by atoms with Gasteiger partial charge in [-0.1, -0.05) is 12.1 Å². The first-order chi connectivity index (χ1) is 8.55. The quantitative estimate of drug-likeness (QED) is 0.912. The molecule has 2 rings (SSSR count). The lowest BCUT2D eigenvalue weighted by Crippen LogP contribution is -2.30. The van der Waals surface area contributed by atoms with Crippen LogP contribution in [0, 0.1) is 5.92 Å². The van der Waals surface area contributed by atoms with Crippen LogP contribution in [0.15, 0.2) is 33.6 Å². The molecule has 100 valence electrons. The summed E-state index contributed by atoms with van der Waals surface area (Å²) in [6.45, 7) is 2.07. The highest BCUT2D eigenvalue weighted by Crippen LogP contribution is 2.28. The van der Waals surface area contributed by atoms with E-state index < -0.39 is 10.0 Å². The van der Waals surface area contributed by atoms with Crippen LogP contribution in [0.3, 0.4) is 0 Å². The SMILES string of the molecule is CNCC1CCN(S(=O)(=O)c2ccccc2Br)C1. The lowest BCUT2D eigenvalue weighted by atomic mass is 10.1. The van der Waals surface area contributed by atoms with Gasteiger partial charge in [-0.15, -0.1) is 0 Å². The summed E-state index contributed by atoms with van der Waals surface area (Å²) in [5.41, 5.74) is 0. The Bertz CT molecular complexity index is 519. The molecule has 4 nitrogen and oxygen atoms in total. The molecule has 0 bridgehead atoms. The first-order valence-corrected chi connectivity index (χ1v) is 8.18. The molecule has 6 heteroatoms. The van der Waals surface area contributed by atoms with Gasteiger partial charge in [-0.2, -0.15) is 4.31 Å². The lowest BCUT2D eigenvalue weighted by molar-refractivity contribution is 0.451. The summed E-state index contributed by atoms with van der Waals surface area (Å²) in [4.78, 5) is 0.357. The maximum Gasteiger partial charge on any atom is 0.244 e. The molecule has 1 N–H and O–H groups in total. The number of halogens is 1. The third-order valence-electron chi connectivity index (χ3n) is 3.20. The number of hydrogen-bond acceptors (Lipinski definition) is 3. The average molecular weight is 333 g/mol. The molecular weight excluding hydrogens is 316 g/mol. The van der Waals surface area contributed by atoms with Crippen LogP contribution in [-0.2, 0) is 10.0 Å². The number of nitrogens with one attached hydrogen (secondary N) is 1. The van der Waals surface area contributed by atoms with Crippen molar-refractivity contribution in [3.8, 4) is 0 Å². The van der Waals surface area contributed by atoms with Crippen molar-refractivity contribution in [2.24, 2.45) is 5.92 Å². The van der Waals surface area contributed by atoms with Crippen molar-refractivity contribution >= 4 is 26.0 Å². The Hall–Kier alpha value is -0.430. The van der Waals surface area contributed by atoms with Crippen molar-refractivity contribution < 1.29 is 8.42 Å². The molecular formula is C12H17BrN2O2S. The molecule has 18 heavy (non-hydrogen) atoms. The van der Waals surface area contributed by atoms with Crippen molar-refractivity contribution in [2.75, 3.05) is 26.7 Å². The van der Waals surface area contributed by atoms with Crippen LogP contribution < -0.4 is 5.32 Å². The van der Waals surface area contributed by atoms with Gasteiger partial charge in [0, 0.05) is 17.6 Å². The minimum atomic E-state index is -3.36. The highest BCUT2D eigenvalue weighted by molar-refractivity contribution is 9.10. The van der Waals surface area contributed by atoms with Crippen LogP contribution in [0.5, 0.6) is 0 Å². The van der Waals surface area contributed by atoms with Gasteiger partial charge in [-0.25, -0.2) is 8.42 Å². The molecule has 1 aliphatic rings. The molecule has 0 radical (unpaired) electrons. The minimum absolute atomic E-state index is 0.357. The van der Waals surface area contributed by atoms with E-state index in [2.05, 4.69) is 21.2 Å². The second kappa shape index (κ2) is 5.69. The Morgan fingerprint density at radius 3 is 2.83 bits per heavy atom. The zero-order chi connectivity index (χ0) is 13.2. The third kappa shape index (κ3) is 2.77. The van der Waals surface area contributed by atoms with Gasteiger partial charge in [0.15, 0.2) is 0 Å². The van der Waals surface area contributed by atoms with Gasteiger partial charge in [-0.05, 0) is 54.0 Å². The Kier molecular flexibility index (Phi) is 4.42. The van der Waals surface area contributed by atoms with Crippen molar-refractivity contribution in [3.63, 3.8) is 0 Å². The summed E-state index contributed by atoms with van der Waals surface area (Å²) >= 11 is 3.31. The Labute approximate surface area is 117 Å². The smallest absolute Gasteiger partial charge is 0.244 e. The molecule has 0 aromatic heterocycles. The van der Waals surface area contributed by atoms with Crippen LogP contribution in [-0.4, -0.2) is 39.4 Å². The summed E-state index contributed by atoms with van der Waals surface area (Å²) in [7, 11) is -1.47. The van der Waals surface area contributed by atoms with Gasteiger partial charge in [0.1, 0.15) is 0 Å². The number of rotatable bonds is 4. The van der Waals surface area contributed by atoms with Gasteiger partial charge in [-0.3, -0.25) is 0 Å². The van der Waals surface area contributed by atoms with E-state index in [0.29, 0.717) is 28.4 Å². The number of sulfonamides is 1. The summed E-state index contributed by atoms with van der Waals surface area (Å²) in [6.07, 6.45) is 0.921. The zero-order valence-electron chi connectivity index (χ0n) is 10.3. The number of benzene rings is 1. The molecule has 1 fully saturated rings. The van der Waals surface area contributed by atoms with Crippen LogP contribution in [0.25, 0.3) is 0 Å². The van der Waals surface area contributed by atoms with E-state index >= 15 is 0 Å². The molecule has 0 spiro atoms. The Morgan fingerprint density at radius 2 is 2.17 bits per heavy atom. The van der Waals surface area contributed by atoms with Crippen LogP contribution in [0.1, 0.15) is 6.42 Å². The van der Waals surface area contributed by atoms with E-state index in [1.807, 2.05) is 13.1 Å². The van der Waals surface area contributed by atoms with Crippen molar-refractivity contribution in [1.29, 1.82) is 0 Å². The minimum Gasteiger partial charge on any atom is -0.319 e. The first kappa shape index (κ1) is 14.0. The fourth-order valence-electron chi connectivity index (χ4n) is 2.26. The third-order valence-corrected chi connectivity index (χ3v) is 6.07. The number of hydrogen-bond donors (Lipinski definition) is 1. The largest absolute Gasteiger partial charge is 0.319 e. The zero-order valence-corrected chi connectivity index (χ0v) is 12.7. The topological polar surface area (TPSA) is 49.4 Å². The molecule has 0 amide bonds. The maximum atomic E-state index is 12.5. The summed E-state index contributed by atoms with van der Waals surface area (Å²) in [5, 5.41) is 3.10. The summed E-state index contributed by atoms with van der Waals surface area (Å²) in [5.74, 6) is 0.410. The number of nitrogens with zero attached hydrogens (tertiary/aromatic N) is 1. The molecule has 0 saturated carbocycles. The van der Waals surface area contributed by atoms with Gasteiger partial charge in [0.2, 0.25) is 10.0 Å². The van der Waals surface area contributed by atoms with Crippen molar-refractivity contribution in [1.82, 2.24) is 9.62 Å². The van der Waals surface area contributed by atoms with E-state index in [9.17, 15) is 8.42 Å². The molecule has 1 saturated heterocycles. The van der Waals surface area contributed by atoms with Gasteiger partial charge >= 0.3 is 0 Å². The Balaban J connectivity index is 2.21. The normalized spacial score (nSPS) is 21.3. The fraction of sp³-hybridized carbons (Fsp3) is 0.500. The molecule has 1 aromatic carbocycles. The predicted molar refractivity (Wildman–Crippen MR) is 74.9 cm³/mol. The fourth-order valence-corrected chi connectivity index (χ4v) is 4.76. The van der Waals surface area contributed by atoms with E-state index in [-0.39, 0.29) is 0 Å². The summed E-state index contributed by atoms with van der Waals surface area (Å²) < 4.78 is 27.2. The van der Waals surface area contributed by atoms with Crippen molar-refractivity contribution in [2.45, 2.75) is 11.3 Å². The van der Waals surface area contributed by atoms with Gasteiger partial charge in [0.05, 0.1) is 4.90 Å². The monoisotopic (exact) mass is 332 g/mol. The van der Waals surface area contributed by atoms with Gasteiger partial charge in [0.25, 0.3) is 0 Å². The highest BCUT2D eigenvalue weighted by Gasteiger charge is 2.32. The van der Waals surface area contributed by atoms with E-state index in [1.54, 1.807) is 22.5 Å². The average Bonchev–Trinajstić information content (AvgIpc) is 2.79. The second-order valence-electron chi connectivity index (χ2n) is 4.51. The van der Waals surface area contributed by atoms with Crippen molar-refractivity contribution in [3.05, 3.63) is 28.7 Å². The van der Waals surface area contributed by atoms with E-state index in [0.717, 1.165) is 13.0 Å². The van der Waals surface area contributed by atoms with E-state index in [4.69, 9.17) is 0 Å². The summed E-state index contributed by atoms with van der Waals surface area (Å²) in [6, 6.07) is 6.97. The lowest BCUT2D eigenvalue weighted by Gasteiger charge is -2.17. The molecule has 1 atom stereocenters. The van der Waals surface area contributed by atoms with E-state index in [1.165, 1.54) is 0 Å². The molecule has 1 aromatic rings. The van der Waals surface area contributed by atoms with Crippen LogP contribution >= 0.6 is 15.9 Å². The first-order valence-electron chi connectivity index (χ1n) is 5.95. The molecule has 1 aliphatic heterocycles. The molecule has 1 heterocycles.